The van der Waals surface area contributed by atoms with Crippen LogP contribution in [-0.2, 0) is 9.53 Å². The summed E-state index contributed by atoms with van der Waals surface area (Å²) >= 11 is 1.43. The van der Waals surface area contributed by atoms with Gasteiger partial charge in [-0.1, -0.05) is 6.07 Å². The molecule has 0 spiro atoms. The molecule has 5 nitrogen and oxygen atoms in total. The predicted octanol–water partition coefficient (Wildman–Crippen LogP) is 2.86. The summed E-state index contributed by atoms with van der Waals surface area (Å²) < 4.78 is 9.76. The van der Waals surface area contributed by atoms with Gasteiger partial charge in [-0.2, -0.15) is 0 Å². The number of ether oxygens (including phenoxy) is 2. The van der Waals surface area contributed by atoms with Gasteiger partial charge in [-0.05, 0) is 31.2 Å². The van der Waals surface area contributed by atoms with Crippen molar-refractivity contribution in [3.8, 4) is 5.75 Å². The lowest BCUT2D eigenvalue weighted by atomic mass is 10.3. The molecule has 2 aromatic rings. The third-order valence-electron chi connectivity index (χ3n) is 2.64. The minimum atomic E-state index is -0.460. The molecule has 0 bridgehead atoms. The van der Waals surface area contributed by atoms with E-state index in [9.17, 15) is 9.59 Å². The van der Waals surface area contributed by atoms with Gasteiger partial charge in [-0.15, -0.1) is 11.3 Å². The molecular formula is C15H15NO4S. The molecule has 0 saturated heterocycles. The number of esters is 1. The van der Waals surface area contributed by atoms with Crippen molar-refractivity contribution in [3.05, 3.63) is 46.2 Å². The summed E-state index contributed by atoms with van der Waals surface area (Å²) in [6, 6.07) is 10.5. The molecule has 0 aliphatic carbocycles. The van der Waals surface area contributed by atoms with Gasteiger partial charge in [-0.3, -0.25) is 4.79 Å². The first-order chi connectivity index (χ1) is 10.1. The Kier molecular flexibility index (Phi) is 4.94. The predicted molar refractivity (Wildman–Crippen MR) is 81.0 cm³/mol. The number of aryl methyl sites for hydroxylation is 1. The highest BCUT2D eigenvalue weighted by Crippen LogP contribution is 2.20. The zero-order valence-electron chi connectivity index (χ0n) is 11.7. The topological polar surface area (TPSA) is 64.6 Å². The summed E-state index contributed by atoms with van der Waals surface area (Å²) in [4.78, 5) is 24.8. The molecule has 2 rings (SSSR count). The first kappa shape index (κ1) is 15.1. The average Bonchev–Trinajstić information content (AvgIpc) is 2.92. The molecule has 0 radical (unpaired) electrons. The van der Waals surface area contributed by atoms with Crippen LogP contribution in [0.3, 0.4) is 0 Å². The van der Waals surface area contributed by atoms with Crippen molar-refractivity contribution in [2.75, 3.05) is 19.0 Å². The number of amides is 1. The number of thiophene rings is 1. The van der Waals surface area contributed by atoms with Gasteiger partial charge in [0.15, 0.2) is 6.61 Å². The Bertz CT molecular complexity index is 651. The highest BCUT2D eigenvalue weighted by molar-refractivity contribution is 7.14. The monoisotopic (exact) mass is 305 g/mol. The molecule has 1 heterocycles. The summed E-state index contributed by atoms with van der Waals surface area (Å²) in [6.07, 6.45) is 0. The summed E-state index contributed by atoms with van der Waals surface area (Å²) in [5.74, 6) is -0.141. The second-order valence-electron chi connectivity index (χ2n) is 4.26. The van der Waals surface area contributed by atoms with Crippen LogP contribution in [0.5, 0.6) is 5.75 Å². The molecule has 21 heavy (non-hydrogen) atoms. The highest BCUT2D eigenvalue weighted by Gasteiger charge is 2.09. The normalized spacial score (nSPS) is 10.0. The molecule has 0 aliphatic heterocycles. The fourth-order valence-electron chi connectivity index (χ4n) is 1.61. The van der Waals surface area contributed by atoms with E-state index in [-0.39, 0.29) is 12.5 Å². The van der Waals surface area contributed by atoms with Crippen LogP contribution in [0.15, 0.2) is 36.4 Å². The lowest BCUT2D eigenvalue weighted by molar-refractivity contribution is -0.142. The fourth-order valence-corrected chi connectivity index (χ4v) is 2.38. The number of carbonyl (C=O) groups excluding carboxylic acids is 2. The fraction of sp³-hybridized carbons (Fsp3) is 0.200. The van der Waals surface area contributed by atoms with Gasteiger partial charge < -0.3 is 14.8 Å². The highest BCUT2D eigenvalue weighted by atomic mass is 32.1. The summed E-state index contributed by atoms with van der Waals surface area (Å²) in [5.41, 5.74) is 0.605. The zero-order valence-corrected chi connectivity index (χ0v) is 12.5. The van der Waals surface area contributed by atoms with Gasteiger partial charge in [0.05, 0.1) is 12.0 Å². The maximum atomic E-state index is 12.0. The number of methoxy groups -OCH3 is 1. The Hall–Kier alpha value is -2.34. The minimum Gasteiger partial charge on any atom is -0.482 e. The summed E-state index contributed by atoms with van der Waals surface area (Å²) in [7, 11) is 1.30. The van der Waals surface area contributed by atoms with Crippen molar-refractivity contribution in [3.63, 3.8) is 0 Å². The maximum Gasteiger partial charge on any atom is 0.343 e. The second-order valence-corrected chi connectivity index (χ2v) is 5.54. The molecule has 110 valence electrons. The summed E-state index contributed by atoms with van der Waals surface area (Å²) in [6.45, 7) is 1.78. The number of carbonyl (C=O) groups is 2. The van der Waals surface area contributed by atoms with Crippen molar-refractivity contribution < 1.29 is 19.1 Å². The van der Waals surface area contributed by atoms with E-state index in [1.54, 1.807) is 30.3 Å². The van der Waals surface area contributed by atoms with Crippen molar-refractivity contribution in [1.29, 1.82) is 0 Å². The smallest absolute Gasteiger partial charge is 0.343 e. The molecule has 1 aromatic heterocycles. The molecule has 1 N–H and O–H groups in total. The second kappa shape index (κ2) is 6.90. The molecule has 0 fully saturated rings. The van der Waals surface area contributed by atoms with E-state index in [1.165, 1.54) is 18.4 Å². The van der Waals surface area contributed by atoms with Crippen LogP contribution in [-0.4, -0.2) is 25.6 Å². The summed E-state index contributed by atoms with van der Waals surface area (Å²) in [5, 5.41) is 2.79. The number of nitrogens with one attached hydrogen (secondary N) is 1. The van der Waals surface area contributed by atoms with Crippen LogP contribution in [0.1, 0.15) is 14.5 Å². The van der Waals surface area contributed by atoms with E-state index in [4.69, 9.17) is 4.74 Å². The van der Waals surface area contributed by atoms with Gasteiger partial charge in [-0.25, -0.2) is 4.79 Å². The van der Waals surface area contributed by atoms with Gasteiger partial charge >= 0.3 is 5.97 Å². The van der Waals surface area contributed by atoms with Crippen molar-refractivity contribution in [1.82, 2.24) is 0 Å². The molecule has 0 atom stereocenters. The molecule has 6 heteroatoms. The van der Waals surface area contributed by atoms with E-state index in [2.05, 4.69) is 10.1 Å². The number of hydrogen-bond donors (Lipinski definition) is 1. The first-order valence-corrected chi connectivity index (χ1v) is 7.07. The Morgan fingerprint density at radius 3 is 2.71 bits per heavy atom. The quantitative estimate of drug-likeness (QED) is 0.863. The number of anilines is 1. The Morgan fingerprint density at radius 2 is 2.05 bits per heavy atom. The lowest BCUT2D eigenvalue weighted by Gasteiger charge is -2.08. The molecule has 1 amide bonds. The van der Waals surface area contributed by atoms with Gasteiger partial charge in [0.1, 0.15) is 5.75 Å². The maximum absolute atomic E-state index is 12.0. The van der Waals surface area contributed by atoms with Gasteiger partial charge in [0.25, 0.3) is 5.91 Å². The van der Waals surface area contributed by atoms with E-state index < -0.39 is 5.97 Å². The third-order valence-corrected chi connectivity index (χ3v) is 3.64. The van der Waals surface area contributed by atoms with E-state index in [0.717, 1.165) is 4.88 Å². The van der Waals surface area contributed by atoms with Crippen LogP contribution in [0.25, 0.3) is 0 Å². The van der Waals surface area contributed by atoms with Crippen LogP contribution in [0, 0.1) is 6.92 Å². The lowest BCUT2D eigenvalue weighted by Crippen LogP contribution is -2.13. The van der Waals surface area contributed by atoms with Crippen LogP contribution in [0.4, 0.5) is 5.69 Å². The van der Waals surface area contributed by atoms with E-state index in [1.807, 2.05) is 13.0 Å². The first-order valence-electron chi connectivity index (χ1n) is 6.26. The van der Waals surface area contributed by atoms with Crippen LogP contribution >= 0.6 is 11.3 Å². The SMILES string of the molecule is COC(=O)COc1cccc(NC(=O)c2ccc(C)s2)c1. The van der Waals surface area contributed by atoms with Crippen LogP contribution < -0.4 is 10.1 Å². The standard InChI is InChI=1S/C15H15NO4S/c1-10-6-7-13(21-10)15(18)16-11-4-3-5-12(8-11)20-9-14(17)19-2/h3-8H,9H2,1-2H3,(H,16,18). The average molecular weight is 305 g/mol. The Morgan fingerprint density at radius 1 is 1.24 bits per heavy atom. The van der Waals surface area contributed by atoms with E-state index >= 15 is 0 Å². The number of hydrogen-bond acceptors (Lipinski definition) is 5. The Labute approximate surface area is 126 Å². The third kappa shape index (κ3) is 4.32. The molecule has 0 saturated carbocycles. The van der Waals surface area contributed by atoms with Gasteiger partial charge in [0, 0.05) is 16.6 Å². The van der Waals surface area contributed by atoms with Crippen molar-refractivity contribution in [2.24, 2.45) is 0 Å². The van der Waals surface area contributed by atoms with E-state index in [0.29, 0.717) is 16.3 Å². The van der Waals surface area contributed by atoms with Gasteiger partial charge in [0.2, 0.25) is 0 Å². The minimum absolute atomic E-state index is 0.168. The number of benzene rings is 1. The van der Waals surface area contributed by atoms with Crippen molar-refractivity contribution >= 4 is 28.9 Å². The zero-order chi connectivity index (χ0) is 15.2. The Balaban J connectivity index is 2.00. The molecular weight excluding hydrogens is 290 g/mol. The largest absolute Gasteiger partial charge is 0.482 e. The van der Waals surface area contributed by atoms with Crippen LogP contribution in [0.2, 0.25) is 0 Å². The molecule has 0 aliphatic rings. The molecule has 1 aromatic carbocycles. The van der Waals surface area contributed by atoms with Crippen molar-refractivity contribution in [2.45, 2.75) is 6.92 Å². The number of rotatable bonds is 5. The molecule has 0 unspecified atom stereocenters.